The number of esters is 1. The number of aromatic nitrogens is 1. The van der Waals surface area contributed by atoms with Gasteiger partial charge in [-0.05, 0) is 75.1 Å². The lowest BCUT2D eigenvalue weighted by Gasteiger charge is -2.25. The van der Waals surface area contributed by atoms with Crippen LogP contribution in [0.2, 0.25) is 5.02 Å². The minimum atomic E-state index is -0.703. The molecule has 0 bridgehead atoms. The van der Waals surface area contributed by atoms with Gasteiger partial charge in [0.2, 0.25) is 0 Å². The van der Waals surface area contributed by atoms with Crippen molar-refractivity contribution >= 4 is 40.9 Å². The van der Waals surface area contributed by atoms with E-state index in [0.717, 1.165) is 37.1 Å². The Balaban J connectivity index is 1.46. The van der Waals surface area contributed by atoms with E-state index in [4.69, 9.17) is 21.1 Å². The molecule has 0 aliphatic carbocycles. The molecule has 0 N–H and O–H groups in total. The van der Waals surface area contributed by atoms with Crippen molar-refractivity contribution in [3.05, 3.63) is 95.6 Å². The molecule has 0 radical (unpaired) electrons. The second kappa shape index (κ2) is 11.8. The lowest BCUT2D eigenvalue weighted by molar-refractivity contribution is -0.143. The van der Waals surface area contributed by atoms with Crippen LogP contribution in [0.4, 0.5) is 0 Å². The van der Waals surface area contributed by atoms with E-state index in [-0.39, 0.29) is 24.2 Å². The molecule has 3 heterocycles. The van der Waals surface area contributed by atoms with Gasteiger partial charge >= 0.3 is 5.97 Å². The monoisotopic (exact) mass is 579 g/mol. The topological polar surface area (TPSA) is 90.2 Å². The third-order valence-electron chi connectivity index (χ3n) is 6.77. The zero-order valence-electron chi connectivity index (χ0n) is 22.6. The first-order valence-electron chi connectivity index (χ1n) is 13.2. The van der Waals surface area contributed by atoms with Crippen molar-refractivity contribution in [1.82, 2.24) is 9.47 Å². The number of hydrogen-bond donors (Lipinski definition) is 0. The van der Waals surface area contributed by atoms with Crippen molar-refractivity contribution in [2.24, 2.45) is 4.99 Å². The number of fused-ring (bicyclic) bond motifs is 1. The molecule has 1 fully saturated rings. The Morgan fingerprint density at radius 1 is 1.10 bits per heavy atom. The van der Waals surface area contributed by atoms with Crippen molar-refractivity contribution in [3.63, 3.8) is 0 Å². The molecule has 2 aliphatic heterocycles. The van der Waals surface area contributed by atoms with Crippen LogP contribution in [0.1, 0.15) is 50.8 Å². The molecule has 1 aromatic heterocycles. The van der Waals surface area contributed by atoms with E-state index < -0.39 is 12.0 Å². The van der Waals surface area contributed by atoms with Crippen LogP contribution in [-0.4, -0.2) is 47.1 Å². The molecule has 5 rings (SSSR count). The van der Waals surface area contributed by atoms with Crippen LogP contribution in [0.15, 0.2) is 69.6 Å². The Bertz CT molecular complexity index is 1630. The molecule has 2 aliphatic rings. The second-order valence-corrected chi connectivity index (χ2v) is 11.5. The quantitative estimate of drug-likeness (QED) is 0.397. The maximum absolute atomic E-state index is 13.8. The van der Waals surface area contributed by atoms with Gasteiger partial charge in [0.05, 0.1) is 27.9 Å². The minimum absolute atomic E-state index is 0.00354. The number of carbonyl (C=O) groups is 2. The molecule has 0 saturated carbocycles. The van der Waals surface area contributed by atoms with E-state index in [2.05, 4.69) is 4.99 Å². The number of halogens is 1. The fourth-order valence-electron chi connectivity index (χ4n) is 4.84. The van der Waals surface area contributed by atoms with Gasteiger partial charge in [-0.1, -0.05) is 47.2 Å². The van der Waals surface area contributed by atoms with Gasteiger partial charge in [0.25, 0.3) is 11.5 Å². The Labute approximate surface area is 240 Å². The van der Waals surface area contributed by atoms with E-state index >= 15 is 0 Å². The van der Waals surface area contributed by atoms with E-state index in [1.807, 2.05) is 17.0 Å². The maximum atomic E-state index is 13.8. The summed E-state index contributed by atoms with van der Waals surface area (Å²) in [6.45, 7) is 6.89. The average molecular weight is 580 g/mol. The number of hydrogen-bond acceptors (Lipinski definition) is 7. The van der Waals surface area contributed by atoms with Crippen molar-refractivity contribution in [3.8, 4) is 5.75 Å². The maximum Gasteiger partial charge on any atom is 0.338 e. The normalized spacial score (nSPS) is 17.2. The summed E-state index contributed by atoms with van der Waals surface area (Å²) in [6, 6.07) is 13.6. The van der Waals surface area contributed by atoms with Gasteiger partial charge in [0.1, 0.15) is 5.75 Å². The van der Waals surface area contributed by atoms with Gasteiger partial charge in [-0.25, -0.2) is 9.79 Å². The van der Waals surface area contributed by atoms with E-state index in [0.29, 0.717) is 31.4 Å². The molecule has 1 amide bonds. The summed E-state index contributed by atoms with van der Waals surface area (Å²) in [5, 5.41) is 0.552. The highest BCUT2D eigenvalue weighted by atomic mass is 35.5. The predicted octanol–water partition coefficient (Wildman–Crippen LogP) is 3.84. The molecule has 10 heteroatoms. The summed E-state index contributed by atoms with van der Waals surface area (Å²) >= 11 is 7.38. The van der Waals surface area contributed by atoms with Crippen molar-refractivity contribution < 1.29 is 19.1 Å². The molecule has 8 nitrogen and oxygen atoms in total. The molecular weight excluding hydrogens is 550 g/mol. The van der Waals surface area contributed by atoms with Gasteiger partial charge < -0.3 is 14.4 Å². The van der Waals surface area contributed by atoms with Crippen LogP contribution in [0.25, 0.3) is 6.08 Å². The lowest BCUT2D eigenvalue weighted by atomic mass is 9.96. The standard InChI is InChI=1S/C30H30ClN3O5S/c1-18(2)39-29(37)26-19(3)32-30-34(27(26)21-8-10-22(31)11-9-21)28(36)24(40-30)16-20-6-12-23(13-7-20)38-17-25(35)33-14-4-5-15-33/h6-13,16,18,27H,4-5,14-15,17H2,1-3H3/b24-16+/t27-/m0/s1. The Morgan fingerprint density at radius 2 is 1.77 bits per heavy atom. The van der Waals surface area contributed by atoms with Crippen LogP contribution in [0.5, 0.6) is 5.75 Å². The molecule has 0 unspecified atom stereocenters. The molecule has 0 spiro atoms. The Kier molecular flexibility index (Phi) is 8.23. The van der Waals surface area contributed by atoms with Crippen molar-refractivity contribution in [2.45, 2.75) is 45.8 Å². The largest absolute Gasteiger partial charge is 0.484 e. The average Bonchev–Trinajstić information content (AvgIpc) is 3.56. The number of carbonyl (C=O) groups excluding carboxylic acids is 2. The Hall–Kier alpha value is -3.69. The highest BCUT2D eigenvalue weighted by Gasteiger charge is 2.33. The third-order valence-corrected chi connectivity index (χ3v) is 8.00. The lowest BCUT2D eigenvalue weighted by Crippen LogP contribution is -2.40. The zero-order chi connectivity index (χ0) is 28.4. The number of thiazole rings is 1. The van der Waals surface area contributed by atoms with Gasteiger partial charge in [0.15, 0.2) is 11.4 Å². The minimum Gasteiger partial charge on any atom is -0.484 e. The van der Waals surface area contributed by atoms with Gasteiger partial charge in [-0.3, -0.25) is 14.2 Å². The number of nitrogens with zero attached hydrogens (tertiary/aromatic N) is 3. The molecule has 1 saturated heterocycles. The highest BCUT2D eigenvalue weighted by molar-refractivity contribution is 7.07. The van der Waals surface area contributed by atoms with Gasteiger partial charge in [-0.15, -0.1) is 0 Å². The summed E-state index contributed by atoms with van der Waals surface area (Å²) in [4.78, 5) is 46.1. The molecular formula is C30H30ClN3O5S. The summed E-state index contributed by atoms with van der Waals surface area (Å²) in [5.41, 5.74) is 2.08. The summed E-state index contributed by atoms with van der Waals surface area (Å²) in [6.07, 6.45) is 3.53. The number of allylic oxidation sites excluding steroid dienone is 1. The van der Waals surface area contributed by atoms with Crippen LogP contribution in [-0.2, 0) is 14.3 Å². The van der Waals surface area contributed by atoms with Crippen LogP contribution in [0, 0.1) is 0 Å². The van der Waals surface area contributed by atoms with Gasteiger partial charge in [-0.2, -0.15) is 0 Å². The third kappa shape index (κ3) is 5.90. The number of benzene rings is 2. The Morgan fingerprint density at radius 3 is 2.42 bits per heavy atom. The SMILES string of the molecule is CC1=C(C(=O)OC(C)C)[C@H](c2ccc(Cl)cc2)n2c(s/c(=C/c3ccc(OCC(=O)N4CCCC4)cc3)c2=O)=N1. The number of amides is 1. The summed E-state index contributed by atoms with van der Waals surface area (Å²) < 4.78 is 13.2. The first kappa shape index (κ1) is 27.9. The van der Waals surface area contributed by atoms with Crippen LogP contribution >= 0.6 is 22.9 Å². The molecule has 40 heavy (non-hydrogen) atoms. The van der Waals surface area contributed by atoms with E-state index in [1.165, 1.54) is 11.3 Å². The van der Waals surface area contributed by atoms with Gasteiger partial charge in [0, 0.05) is 18.1 Å². The molecule has 3 aromatic rings. The number of rotatable bonds is 7. The van der Waals surface area contributed by atoms with Crippen molar-refractivity contribution in [1.29, 1.82) is 0 Å². The van der Waals surface area contributed by atoms with Crippen molar-refractivity contribution in [2.75, 3.05) is 19.7 Å². The van der Waals surface area contributed by atoms with Crippen LogP contribution in [0.3, 0.4) is 0 Å². The molecule has 2 aromatic carbocycles. The number of likely N-dealkylation sites (tertiary alicyclic amines) is 1. The second-order valence-electron chi connectivity index (χ2n) is 10.0. The van der Waals surface area contributed by atoms with E-state index in [9.17, 15) is 14.4 Å². The summed E-state index contributed by atoms with van der Waals surface area (Å²) in [7, 11) is 0. The first-order valence-corrected chi connectivity index (χ1v) is 14.4. The first-order chi connectivity index (χ1) is 19.2. The fourth-order valence-corrected chi connectivity index (χ4v) is 6.01. The predicted molar refractivity (Wildman–Crippen MR) is 154 cm³/mol. The van der Waals surface area contributed by atoms with Crippen LogP contribution < -0.4 is 19.6 Å². The highest BCUT2D eigenvalue weighted by Crippen LogP contribution is 2.31. The zero-order valence-corrected chi connectivity index (χ0v) is 24.1. The number of ether oxygens (including phenoxy) is 2. The smallest absolute Gasteiger partial charge is 0.338 e. The molecule has 1 atom stereocenters. The molecule has 208 valence electrons. The van der Waals surface area contributed by atoms with E-state index in [1.54, 1.807) is 67.8 Å². The fraction of sp³-hybridized carbons (Fsp3) is 0.333. The summed E-state index contributed by atoms with van der Waals surface area (Å²) in [5.74, 6) is 0.0620.